The largest absolute Gasteiger partial charge is 0.498 e. The van der Waals surface area contributed by atoms with Crippen LogP contribution in [0.3, 0.4) is 0 Å². The molecule has 1 heteroatoms. The molecule has 0 N–H and O–H groups in total. The summed E-state index contributed by atoms with van der Waals surface area (Å²) in [5, 5.41) is 0. The highest BCUT2D eigenvalue weighted by Gasteiger charge is 2.00. The first-order valence-corrected chi connectivity index (χ1v) is 4.67. The third-order valence-corrected chi connectivity index (χ3v) is 1.16. The fourth-order valence-electron chi connectivity index (χ4n) is 0.690. The maximum Gasteiger partial charge on any atom is 0.0984 e. The standard InChI is InChI=1S/C9H16O.C2H6/c1-5-7-9(8(3)4)10-6-2;1-2/h5,7-8H,1,6H2,2-4H3;1-2H3/b9-7-;. The van der Waals surface area contributed by atoms with Gasteiger partial charge < -0.3 is 4.74 Å². The van der Waals surface area contributed by atoms with Gasteiger partial charge in [0.25, 0.3) is 0 Å². The lowest BCUT2D eigenvalue weighted by Gasteiger charge is -2.10. The van der Waals surface area contributed by atoms with Gasteiger partial charge >= 0.3 is 0 Å². The lowest BCUT2D eigenvalue weighted by molar-refractivity contribution is 0.200. The van der Waals surface area contributed by atoms with Gasteiger partial charge in [-0.1, -0.05) is 40.3 Å². The quantitative estimate of drug-likeness (QED) is 0.461. The fraction of sp³-hybridized carbons (Fsp3) is 0.636. The Morgan fingerprint density at radius 1 is 1.42 bits per heavy atom. The SMILES string of the molecule is C=C/C=C(\OCC)C(C)C.CC. The van der Waals surface area contributed by atoms with Crippen LogP contribution in [0.2, 0.25) is 0 Å². The second kappa shape index (κ2) is 10.3. The van der Waals surface area contributed by atoms with Gasteiger partial charge in [0.2, 0.25) is 0 Å². The molecule has 0 saturated heterocycles. The summed E-state index contributed by atoms with van der Waals surface area (Å²) in [6.07, 6.45) is 3.67. The molecule has 0 heterocycles. The van der Waals surface area contributed by atoms with E-state index in [1.165, 1.54) is 0 Å². The summed E-state index contributed by atoms with van der Waals surface area (Å²) >= 11 is 0. The zero-order valence-electron chi connectivity index (χ0n) is 9.05. The molecule has 0 aliphatic heterocycles. The highest BCUT2D eigenvalue weighted by atomic mass is 16.5. The third-order valence-electron chi connectivity index (χ3n) is 1.16. The Balaban J connectivity index is 0. The molecule has 72 valence electrons. The molecule has 0 atom stereocenters. The summed E-state index contributed by atoms with van der Waals surface area (Å²) in [6, 6.07) is 0. The van der Waals surface area contributed by atoms with Crippen LogP contribution >= 0.6 is 0 Å². The number of hydrogen-bond donors (Lipinski definition) is 0. The minimum Gasteiger partial charge on any atom is -0.498 e. The summed E-state index contributed by atoms with van der Waals surface area (Å²) in [5.41, 5.74) is 0. The van der Waals surface area contributed by atoms with Crippen molar-refractivity contribution in [2.75, 3.05) is 6.61 Å². The van der Waals surface area contributed by atoms with Gasteiger partial charge in [-0.15, -0.1) is 0 Å². The minimum absolute atomic E-state index is 0.456. The van der Waals surface area contributed by atoms with E-state index in [0.29, 0.717) is 5.92 Å². The van der Waals surface area contributed by atoms with Crippen LogP contribution in [0, 0.1) is 5.92 Å². The van der Waals surface area contributed by atoms with Gasteiger partial charge in [-0.3, -0.25) is 0 Å². The van der Waals surface area contributed by atoms with Gasteiger partial charge in [0.15, 0.2) is 0 Å². The van der Waals surface area contributed by atoms with Crippen LogP contribution in [-0.4, -0.2) is 6.61 Å². The zero-order chi connectivity index (χ0) is 9.98. The molecule has 0 rings (SSSR count). The van der Waals surface area contributed by atoms with Gasteiger partial charge in [0, 0.05) is 5.92 Å². The van der Waals surface area contributed by atoms with E-state index >= 15 is 0 Å². The van der Waals surface area contributed by atoms with Crippen molar-refractivity contribution in [3.63, 3.8) is 0 Å². The first-order chi connectivity index (χ1) is 5.72. The Kier molecular flexibility index (Phi) is 11.9. The van der Waals surface area contributed by atoms with Crippen molar-refractivity contribution in [2.24, 2.45) is 5.92 Å². The molecule has 0 fully saturated rings. The molecule has 0 saturated carbocycles. The van der Waals surface area contributed by atoms with Crippen LogP contribution in [0.25, 0.3) is 0 Å². The molecule has 0 aliphatic carbocycles. The van der Waals surface area contributed by atoms with E-state index in [1.54, 1.807) is 6.08 Å². The topological polar surface area (TPSA) is 9.23 Å². The molecule has 0 aliphatic rings. The first-order valence-electron chi connectivity index (χ1n) is 4.67. The van der Waals surface area contributed by atoms with Crippen LogP contribution < -0.4 is 0 Å². The van der Waals surface area contributed by atoms with E-state index in [-0.39, 0.29) is 0 Å². The summed E-state index contributed by atoms with van der Waals surface area (Å²) in [6.45, 7) is 14.5. The first kappa shape index (κ1) is 13.8. The number of rotatable bonds is 4. The smallest absolute Gasteiger partial charge is 0.0984 e. The average Bonchev–Trinajstić information content (AvgIpc) is 2.08. The summed E-state index contributed by atoms with van der Waals surface area (Å²) in [4.78, 5) is 0. The maximum atomic E-state index is 5.33. The second-order valence-electron chi connectivity index (χ2n) is 2.39. The van der Waals surface area contributed by atoms with E-state index in [1.807, 2.05) is 26.8 Å². The Morgan fingerprint density at radius 3 is 2.17 bits per heavy atom. The van der Waals surface area contributed by atoms with Gasteiger partial charge in [-0.05, 0) is 13.0 Å². The molecule has 0 bridgehead atoms. The number of hydrogen-bond acceptors (Lipinski definition) is 1. The van der Waals surface area contributed by atoms with Crippen molar-refractivity contribution in [3.8, 4) is 0 Å². The van der Waals surface area contributed by atoms with Crippen LogP contribution in [-0.2, 0) is 4.74 Å². The highest BCUT2D eigenvalue weighted by molar-refractivity contribution is 5.05. The second-order valence-corrected chi connectivity index (χ2v) is 2.39. The predicted molar refractivity (Wildman–Crippen MR) is 56.1 cm³/mol. The van der Waals surface area contributed by atoms with Crippen LogP contribution in [0.4, 0.5) is 0 Å². The van der Waals surface area contributed by atoms with E-state index in [0.717, 1.165) is 12.4 Å². The van der Waals surface area contributed by atoms with Crippen molar-refractivity contribution in [1.82, 2.24) is 0 Å². The normalized spacial score (nSPS) is 10.3. The van der Waals surface area contributed by atoms with Crippen LogP contribution in [0.5, 0.6) is 0 Å². The molecule has 0 spiro atoms. The zero-order valence-corrected chi connectivity index (χ0v) is 9.05. The summed E-state index contributed by atoms with van der Waals surface area (Å²) in [5.74, 6) is 1.47. The molecule has 12 heavy (non-hydrogen) atoms. The molecule has 0 unspecified atom stereocenters. The van der Waals surface area contributed by atoms with E-state index in [9.17, 15) is 0 Å². The Bertz CT molecular complexity index is 123. The maximum absolute atomic E-state index is 5.33. The molecule has 0 aromatic heterocycles. The molecule has 0 aromatic carbocycles. The van der Waals surface area contributed by atoms with Gasteiger partial charge in [-0.2, -0.15) is 0 Å². The Labute approximate surface area is 77.1 Å². The Hall–Kier alpha value is -0.720. The van der Waals surface area contributed by atoms with Gasteiger partial charge in [0.1, 0.15) is 0 Å². The lowest BCUT2D eigenvalue weighted by atomic mass is 10.1. The van der Waals surface area contributed by atoms with Gasteiger partial charge in [0.05, 0.1) is 12.4 Å². The molecular weight excluding hydrogens is 148 g/mol. The molecule has 0 radical (unpaired) electrons. The van der Waals surface area contributed by atoms with Crippen molar-refractivity contribution >= 4 is 0 Å². The van der Waals surface area contributed by atoms with Crippen molar-refractivity contribution < 1.29 is 4.74 Å². The van der Waals surface area contributed by atoms with Crippen LogP contribution in [0.1, 0.15) is 34.6 Å². The van der Waals surface area contributed by atoms with Crippen LogP contribution in [0.15, 0.2) is 24.5 Å². The molecule has 0 aromatic rings. The molecule has 0 amide bonds. The van der Waals surface area contributed by atoms with Crippen molar-refractivity contribution in [3.05, 3.63) is 24.5 Å². The third kappa shape index (κ3) is 7.39. The number of ether oxygens (including phenoxy) is 1. The number of allylic oxidation sites excluding steroid dienone is 3. The average molecular weight is 170 g/mol. The monoisotopic (exact) mass is 170 g/mol. The minimum atomic E-state index is 0.456. The molecule has 1 nitrogen and oxygen atoms in total. The predicted octanol–water partition coefficient (Wildman–Crippen LogP) is 3.78. The van der Waals surface area contributed by atoms with E-state index in [2.05, 4.69) is 20.4 Å². The Morgan fingerprint density at radius 2 is 1.92 bits per heavy atom. The van der Waals surface area contributed by atoms with Crippen molar-refractivity contribution in [1.29, 1.82) is 0 Å². The highest BCUT2D eigenvalue weighted by Crippen LogP contribution is 2.10. The van der Waals surface area contributed by atoms with E-state index < -0.39 is 0 Å². The van der Waals surface area contributed by atoms with E-state index in [4.69, 9.17) is 4.74 Å². The summed E-state index contributed by atoms with van der Waals surface area (Å²) in [7, 11) is 0. The lowest BCUT2D eigenvalue weighted by Crippen LogP contribution is -1.98. The van der Waals surface area contributed by atoms with Crippen molar-refractivity contribution in [2.45, 2.75) is 34.6 Å². The fourth-order valence-corrected chi connectivity index (χ4v) is 0.690. The summed E-state index contributed by atoms with van der Waals surface area (Å²) < 4.78 is 5.33. The van der Waals surface area contributed by atoms with Gasteiger partial charge in [-0.25, -0.2) is 0 Å². The molecular formula is C11H22O.